The average Bonchev–Trinajstić information content (AvgIpc) is 3.16. The first-order valence-electron chi connectivity index (χ1n) is 9.61. The molecule has 2 atom stereocenters. The molecule has 0 bridgehead atoms. The summed E-state index contributed by atoms with van der Waals surface area (Å²) in [6.07, 6.45) is 0.318. The first kappa shape index (κ1) is 20.8. The van der Waals surface area contributed by atoms with Crippen molar-refractivity contribution in [1.82, 2.24) is 4.90 Å². The monoisotopic (exact) mass is 398 g/mol. The van der Waals surface area contributed by atoms with Crippen LogP contribution < -0.4 is 15.8 Å². The van der Waals surface area contributed by atoms with Crippen molar-refractivity contribution in [3.05, 3.63) is 64.2 Å². The lowest BCUT2D eigenvalue weighted by Crippen LogP contribution is -2.27. The molecule has 1 saturated heterocycles. The molecule has 2 aromatic rings. The minimum atomic E-state index is -0.501. The minimum Gasteiger partial charge on any atom is -0.494 e. The van der Waals surface area contributed by atoms with Crippen molar-refractivity contribution < 1.29 is 14.5 Å². The first-order valence-corrected chi connectivity index (χ1v) is 9.61. The van der Waals surface area contributed by atoms with Crippen LogP contribution >= 0.6 is 0 Å². The van der Waals surface area contributed by atoms with Gasteiger partial charge < -0.3 is 20.7 Å². The number of amides is 1. The number of methoxy groups -OCH3 is 1. The summed E-state index contributed by atoms with van der Waals surface area (Å²) < 4.78 is 5.16. The number of rotatable bonds is 8. The van der Waals surface area contributed by atoms with Crippen LogP contribution in [0.4, 0.5) is 11.4 Å². The van der Waals surface area contributed by atoms with E-state index >= 15 is 0 Å². The van der Waals surface area contributed by atoms with Gasteiger partial charge in [-0.15, -0.1) is 0 Å². The van der Waals surface area contributed by atoms with Crippen molar-refractivity contribution in [2.45, 2.75) is 12.3 Å². The van der Waals surface area contributed by atoms with Crippen LogP contribution in [0.5, 0.6) is 5.75 Å². The number of nitro groups is 1. The summed E-state index contributed by atoms with van der Waals surface area (Å²) in [7, 11) is 1.41. The zero-order valence-corrected chi connectivity index (χ0v) is 16.4. The zero-order chi connectivity index (χ0) is 20.8. The van der Waals surface area contributed by atoms with Crippen LogP contribution in [0.2, 0.25) is 0 Å². The quantitative estimate of drug-likeness (QED) is 0.522. The Bertz CT molecular complexity index is 859. The van der Waals surface area contributed by atoms with Crippen molar-refractivity contribution in [2.24, 2.45) is 11.7 Å². The number of carbonyl (C=O) groups is 1. The average molecular weight is 398 g/mol. The van der Waals surface area contributed by atoms with Crippen LogP contribution in [0.1, 0.15) is 17.9 Å². The van der Waals surface area contributed by atoms with E-state index in [4.69, 9.17) is 10.5 Å². The summed E-state index contributed by atoms with van der Waals surface area (Å²) in [5.41, 5.74) is 7.60. The van der Waals surface area contributed by atoms with Gasteiger partial charge in [-0.2, -0.15) is 0 Å². The third-order valence-electron chi connectivity index (χ3n) is 5.37. The molecule has 1 fully saturated rings. The largest absolute Gasteiger partial charge is 0.494 e. The molecule has 0 saturated carbocycles. The van der Waals surface area contributed by atoms with Crippen LogP contribution in [0.15, 0.2) is 48.5 Å². The van der Waals surface area contributed by atoms with Gasteiger partial charge in [0.2, 0.25) is 5.91 Å². The van der Waals surface area contributed by atoms with E-state index in [0.717, 1.165) is 13.1 Å². The Hall–Kier alpha value is -2.97. The fourth-order valence-electron chi connectivity index (χ4n) is 3.83. The molecule has 1 heterocycles. The van der Waals surface area contributed by atoms with Gasteiger partial charge in [0.15, 0.2) is 0 Å². The van der Waals surface area contributed by atoms with E-state index in [1.54, 1.807) is 0 Å². The molecule has 0 spiro atoms. The van der Waals surface area contributed by atoms with E-state index < -0.39 is 4.92 Å². The van der Waals surface area contributed by atoms with Crippen LogP contribution in [-0.4, -0.2) is 49.0 Å². The SMILES string of the molecule is COc1cc([N+](=O)[O-])ccc1NC(=O)CCN1C[C@@H](CN)[C@H](c2ccccc2)C1. The summed E-state index contributed by atoms with van der Waals surface area (Å²) in [5, 5.41) is 13.7. The second-order valence-electron chi connectivity index (χ2n) is 7.21. The number of benzene rings is 2. The number of ether oxygens (including phenoxy) is 1. The number of nitrogens with one attached hydrogen (secondary N) is 1. The van der Waals surface area contributed by atoms with Gasteiger partial charge in [-0.3, -0.25) is 14.9 Å². The molecule has 0 aromatic heterocycles. The molecule has 1 aliphatic heterocycles. The van der Waals surface area contributed by atoms with E-state index in [1.165, 1.54) is 30.9 Å². The predicted molar refractivity (Wildman–Crippen MR) is 111 cm³/mol. The molecule has 1 aliphatic rings. The van der Waals surface area contributed by atoms with Gasteiger partial charge in [-0.1, -0.05) is 30.3 Å². The van der Waals surface area contributed by atoms with Crippen molar-refractivity contribution in [2.75, 3.05) is 38.6 Å². The number of likely N-dealkylation sites (tertiary alicyclic amines) is 1. The summed E-state index contributed by atoms with van der Waals surface area (Å²) in [4.78, 5) is 25.1. The van der Waals surface area contributed by atoms with Gasteiger partial charge in [0.05, 0.1) is 23.8 Å². The summed E-state index contributed by atoms with van der Waals surface area (Å²) in [6, 6.07) is 14.5. The maximum Gasteiger partial charge on any atom is 0.273 e. The summed E-state index contributed by atoms with van der Waals surface area (Å²) in [5.74, 6) is 0.847. The first-order chi connectivity index (χ1) is 14.0. The molecule has 8 heteroatoms. The van der Waals surface area contributed by atoms with Gasteiger partial charge in [0.25, 0.3) is 5.69 Å². The maximum absolute atomic E-state index is 12.4. The van der Waals surface area contributed by atoms with Gasteiger partial charge in [0, 0.05) is 38.0 Å². The van der Waals surface area contributed by atoms with Gasteiger partial charge in [0.1, 0.15) is 5.75 Å². The lowest BCUT2D eigenvalue weighted by molar-refractivity contribution is -0.384. The second kappa shape index (κ2) is 9.49. The number of hydrogen-bond donors (Lipinski definition) is 2. The minimum absolute atomic E-state index is 0.0864. The van der Waals surface area contributed by atoms with Crippen LogP contribution in [0.25, 0.3) is 0 Å². The highest BCUT2D eigenvalue weighted by Gasteiger charge is 2.32. The molecule has 1 amide bonds. The summed E-state index contributed by atoms with van der Waals surface area (Å²) in [6.45, 7) is 2.98. The smallest absolute Gasteiger partial charge is 0.273 e. The molecule has 3 N–H and O–H groups in total. The Kier molecular flexibility index (Phi) is 6.79. The Morgan fingerprint density at radius 2 is 2.03 bits per heavy atom. The van der Waals surface area contributed by atoms with E-state index in [0.29, 0.717) is 37.0 Å². The highest BCUT2D eigenvalue weighted by Crippen LogP contribution is 2.32. The fourth-order valence-corrected chi connectivity index (χ4v) is 3.83. The van der Waals surface area contributed by atoms with Gasteiger partial charge in [-0.05, 0) is 24.1 Å². The van der Waals surface area contributed by atoms with E-state index in [9.17, 15) is 14.9 Å². The third-order valence-corrected chi connectivity index (χ3v) is 5.37. The Labute approximate surface area is 169 Å². The van der Waals surface area contributed by atoms with E-state index in [1.807, 2.05) is 18.2 Å². The molecule has 154 valence electrons. The second-order valence-corrected chi connectivity index (χ2v) is 7.21. The number of hydrogen-bond acceptors (Lipinski definition) is 6. The summed E-state index contributed by atoms with van der Waals surface area (Å²) >= 11 is 0. The van der Waals surface area contributed by atoms with Crippen LogP contribution in [0.3, 0.4) is 0 Å². The maximum atomic E-state index is 12.4. The molecule has 0 radical (unpaired) electrons. The van der Waals surface area contributed by atoms with Crippen molar-refractivity contribution >= 4 is 17.3 Å². The molecule has 0 unspecified atom stereocenters. The molecule has 29 heavy (non-hydrogen) atoms. The molecule has 0 aliphatic carbocycles. The number of anilines is 1. The molecule has 2 aromatic carbocycles. The number of nitrogens with two attached hydrogens (primary N) is 1. The Balaban J connectivity index is 1.56. The predicted octanol–water partition coefficient (Wildman–Crippen LogP) is 2.61. The Morgan fingerprint density at radius 3 is 2.69 bits per heavy atom. The van der Waals surface area contributed by atoms with Crippen molar-refractivity contribution in [3.8, 4) is 5.75 Å². The number of nitro benzene ring substituents is 1. The normalized spacial score (nSPS) is 19.1. The third kappa shape index (κ3) is 5.10. The fraction of sp³-hybridized carbons (Fsp3) is 0.381. The van der Waals surface area contributed by atoms with Crippen molar-refractivity contribution in [1.29, 1.82) is 0 Å². The number of nitrogens with zero attached hydrogens (tertiary/aromatic N) is 2. The number of carbonyl (C=O) groups excluding carboxylic acids is 1. The highest BCUT2D eigenvalue weighted by atomic mass is 16.6. The topological polar surface area (TPSA) is 111 Å². The molecule has 8 nitrogen and oxygen atoms in total. The lowest BCUT2D eigenvalue weighted by Gasteiger charge is -2.17. The van der Waals surface area contributed by atoms with E-state index in [-0.39, 0.29) is 17.3 Å². The molecule has 3 rings (SSSR count). The van der Waals surface area contributed by atoms with Crippen LogP contribution in [0, 0.1) is 16.0 Å². The zero-order valence-electron chi connectivity index (χ0n) is 16.4. The highest BCUT2D eigenvalue weighted by molar-refractivity contribution is 5.92. The van der Waals surface area contributed by atoms with Gasteiger partial charge in [-0.25, -0.2) is 0 Å². The van der Waals surface area contributed by atoms with E-state index in [2.05, 4.69) is 22.3 Å². The van der Waals surface area contributed by atoms with Crippen molar-refractivity contribution in [3.63, 3.8) is 0 Å². The number of non-ortho nitro benzene ring substituents is 1. The Morgan fingerprint density at radius 1 is 1.28 bits per heavy atom. The van der Waals surface area contributed by atoms with Gasteiger partial charge >= 0.3 is 0 Å². The lowest BCUT2D eigenvalue weighted by atomic mass is 9.89. The molecular formula is C21H26N4O4. The standard InChI is InChI=1S/C21H26N4O4/c1-29-20-11-17(25(27)28)7-8-19(20)23-21(26)9-10-24-13-16(12-22)18(14-24)15-5-3-2-4-6-15/h2-8,11,16,18H,9-10,12-14,22H2,1H3,(H,23,26)/t16-,18+/m1/s1. The molecular weight excluding hydrogens is 372 g/mol. The van der Waals surface area contributed by atoms with Crippen LogP contribution in [-0.2, 0) is 4.79 Å².